The van der Waals surface area contributed by atoms with E-state index in [1.54, 1.807) is 6.08 Å². The van der Waals surface area contributed by atoms with Crippen molar-refractivity contribution in [1.82, 2.24) is 0 Å². The van der Waals surface area contributed by atoms with Crippen LogP contribution in [0.25, 0.3) is 0 Å². The smallest absolute Gasteiger partial charge is 0.103 e. The van der Waals surface area contributed by atoms with Crippen LogP contribution in [0.4, 0.5) is 0 Å². The first-order chi connectivity index (χ1) is 4.83. The maximum Gasteiger partial charge on any atom is 0.103 e. The van der Waals surface area contributed by atoms with E-state index in [4.69, 9.17) is 0 Å². The van der Waals surface area contributed by atoms with Gasteiger partial charge in [-0.05, 0) is 19.9 Å². The van der Waals surface area contributed by atoms with Crippen LogP contribution in [0.15, 0.2) is 38.0 Å². The second kappa shape index (κ2) is 42.6. The van der Waals surface area contributed by atoms with E-state index in [1.165, 1.54) is 0 Å². The van der Waals surface area contributed by atoms with Crippen LogP contribution in [0.2, 0.25) is 0 Å². The third-order valence-electron chi connectivity index (χ3n) is 0.402. The minimum atomic E-state index is 0.913. The second-order valence-corrected chi connectivity index (χ2v) is 1.27. The Morgan fingerprint density at radius 3 is 1.60 bits per heavy atom. The zero-order valence-electron chi connectivity index (χ0n) is 7.27. The molecule has 0 aromatic carbocycles. The van der Waals surface area contributed by atoms with Crippen molar-refractivity contribution in [3.8, 4) is 0 Å². The summed E-state index contributed by atoms with van der Waals surface area (Å²) in [6, 6.07) is 0. The molecule has 0 aromatic rings. The van der Waals surface area contributed by atoms with E-state index in [9.17, 15) is 0 Å². The number of rotatable bonds is 1. The van der Waals surface area contributed by atoms with E-state index in [1.807, 2.05) is 26.0 Å². The van der Waals surface area contributed by atoms with Gasteiger partial charge in [0.15, 0.2) is 0 Å². The first-order valence-corrected chi connectivity index (χ1v) is 3.30. The van der Waals surface area contributed by atoms with Crippen LogP contribution in [0.3, 0.4) is 0 Å². The molecule has 0 saturated carbocycles. The first-order valence-electron chi connectivity index (χ1n) is 3.30. The topological polar surface area (TPSA) is 0 Å². The Kier molecular flexibility index (Phi) is 68.3. The minimum absolute atomic E-state index is 0.913. The van der Waals surface area contributed by atoms with Gasteiger partial charge in [-0.2, -0.15) is 0 Å². The maximum absolute atomic E-state index is 3.59. The molecular weight excluding hydrogens is 120 g/mol. The fraction of sp³-hybridized carbons (Fsp3) is 0.300. The number of allylic oxidation sites excluding steroid dienone is 3. The van der Waals surface area contributed by atoms with Gasteiger partial charge in [-0.25, -0.2) is 0 Å². The molecule has 0 aliphatic rings. The van der Waals surface area contributed by atoms with Crippen LogP contribution in [-0.4, -0.2) is 0 Å². The van der Waals surface area contributed by atoms with E-state index >= 15 is 0 Å². The molecule has 10 heavy (non-hydrogen) atoms. The molecule has 0 bridgehead atoms. The summed E-state index contributed by atoms with van der Waals surface area (Å²) in [6.07, 6.45) is 6.67. The molecule has 0 amide bonds. The summed E-state index contributed by atoms with van der Waals surface area (Å²) in [5, 5.41) is 0. The van der Waals surface area contributed by atoms with Crippen molar-refractivity contribution in [2.45, 2.75) is 20.3 Å². The Morgan fingerprint density at radius 1 is 1.30 bits per heavy atom. The monoisotopic (exact) mass is 139 g/mol. The highest BCUT2D eigenvalue weighted by atomic mass is 13.6. The van der Waals surface area contributed by atoms with Crippen molar-refractivity contribution < 1.29 is 0 Å². The lowest BCUT2D eigenvalue weighted by Crippen LogP contribution is -1.44. The predicted octanol–water partition coefficient (Wildman–Crippen LogP) is 3.78. The van der Waals surface area contributed by atoms with Gasteiger partial charge in [0.05, 0.1) is 6.92 Å². The molecular formula is C10H19+. The van der Waals surface area contributed by atoms with Crippen molar-refractivity contribution in [2.75, 3.05) is 0 Å². The molecule has 0 aromatic heterocycles. The zero-order valence-corrected chi connectivity index (χ0v) is 7.27. The van der Waals surface area contributed by atoms with Crippen molar-refractivity contribution >= 4 is 0 Å². The lowest BCUT2D eigenvalue weighted by atomic mass is 10.4. The third-order valence-corrected chi connectivity index (χ3v) is 0.402. The molecule has 0 N–H and O–H groups in total. The second-order valence-electron chi connectivity index (χ2n) is 1.27. The highest BCUT2D eigenvalue weighted by Crippen LogP contribution is 1.72. The molecule has 0 saturated heterocycles. The lowest BCUT2D eigenvalue weighted by molar-refractivity contribution is 1.39. The van der Waals surface area contributed by atoms with E-state index in [0.29, 0.717) is 0 Å². The first kappa shape index (κ1) is 16.0. The van der Waals surface area contributed by atoms with Crippen molar-refractivity contribution in [2.24, 2.45) is 0 Å². The normalized spacial score (nSPS) is 6.60. The van der Waals surface area contributed by atoms with Crippen LogP contribution >= 0.6 is 0 Å². The van der Waals surface area contributed by atoms with Gasteiger partial charge in [0, 0.05) is 0 Å². The predicted molar refractivity (Wildman–Crippen MR) is 51.9 cm³/mol. The molecule has 0 atom stereocenters. The molecule has 0 unspecified atom stereocenters. The quantitative estimate of drug-likeness (QED) is 0.383. The summed E-state index contributed by atoms with van der Waals surface area (Å²) in [6.45, 7) is 16.8. The molecule has 0 heteroatoms. The minimum Gasteiger partial charge on any atom is -0.106 e. The molecule has 0 spiro atoms. The van der Waals surface area contributed by atoms with Crippen LogP contribution in [0.5, 0.6) is 0 Å². The average molecular weight is 139 g/mol. The van der Waals surface area contributed by atoms with E-state index in [0.717, 1.165) is 6.42 Å². The van der Waals surface area contributed by atoms with E-state index in [2.05, 4.69) is 26.7 Å². The van der Waals surface area contributed by atoms with Crippen molar-refractivity contribution in [3.05, 3.63) is 44.9 Å². The van der Waals surface area contributed by atoms with Gasteiger partial charge in [0.1, 0.15) is 6.42 Å². The molecule has 0 nitrogen and oxygen atoms in total. The summed E-state index contributed by atoms with van der Waals surface area (Å²) in [5.74, 6) is 0. The van der Waals surface area contributed by atoms with Gasteiger partial charge in [0.25, 0.3) is 0 Å². The third kappa shape index (κ3) is 221. The Hall–Kier alpha value is -0.910. The number of hydrogen-bond donors (Lipinski definition) is 0. The SMILES string of the molecule is C=C.C=CC.[CH2+]C/C=C/C. The van der Waals surface area contributed by atoms with Gasteiger partial charge in [-0.3, -0.25) is 0 Å². The highest BCUT2D eigenvalue weighted by Gasteiger charge is 1.60. The number of hydrogen-bond acceptors (Lipinski definition) is 0. The van der Waals surface area contributed by atoms with Gasteiger partial charge in [0.2, 0.25) is 0 Å². The van der Waals surface area contributed by atoms with Crippen LogP contribution < -0.4 is 0 Å². The van der Waals surface area contributed by atoms with Crippen LogP contribution in [-0.2, 0) is 0 Å². The standard InChI is InChI=1S/C5H9.C3H6.C2H4/c1-3-5-4-2;1-3-2;1-2/h4-5H,1,3H2,2H3;3H,1H2,2H3;1-2H2/q+1;;/b5-4+;;. The zero-order chi connectivity index (χ0) is 8.83. The molecule has 0 fully saturated rings. The van der Waals surface area contributed by atoms with Crippen molar-refractivity contribution in [3.63, 3.8) is 0 Å². The van der Waals surface area contributed by atoms with Crippen LogP contribution in [0, 0.1) is 6.92 Å². The molecule has 0 aliphatic carbocycles. The average Bonchev–Trinajstić information content (AvgIpc) is 1.96. The van der Waals surface area contributed by atoms with Crippen molar-refractivity contribution in [1.29, 1.82) is 0 Å². The molecule has 0 heterocycles. The summed E-state index contributed by atoms with van der Waals surface area (Å²) in [5.41, 5.74) is 0. The Labute approximate surface area is 66.0 Å². The largest absolute Gasteiger partial charge is 0.106 e. The highest BCUT2D eigenvalue weighted by molar-refractivity contribution is 4.76. The Balaban J connectivity index is -0.0000000847. The fourth-order valence-corrected chi connectivity index (χ4v) is 0.167. The summed E-state index contributed by atoms with van der Waals surface area (Å²) >= 11 is 0. The Morgan fingerprint density at radius 2 is 1.60 bits per heavy atom. The molecule has 0 rings (SSSR count). The van der Waals surface area contributed by atoms with Gasteiger partial charge in [-0.1, -0.05) is 12.2 Å². The van der Waals surface area contributed by atoms with E-state index < -0.39 is 0 Å². The molecule has 0 radical (unpaired) electrons. The van der Waals surface area contributed by atoms with Crippen LogP contribution in [0.1, 0.15) is 20.3 Å². The van der Waals surface area contributed by atoms with Gasteiger partial charge in [-0.15, -0.1) is 19.7 Å². The summed E-state index contributed by atoms with van der Waals surface area (Å²) in [4.78, 5) is 0. The van der Waals surface area contributed by atoms with Gasteiger partial charge >= 0.3 is 0 Å². The summed E-state index contributed by atoms with van der Waals surface area (Å²) < 4.78 is 0. The molecule has 58 valence electrons. The van der Waals surface area contributed by atoms with Gasteiger partial charge < -0.3 is 0 Å². The summed E-state index contributed by atoms with van der Waals surface area (Å²) in [7, 11) is 0. The fourth-order valence-electron chi connectivity index (χ4n) is 0.167. The lowest BCUT2D eigenvalue weighted by Gasteiger charge is -1.58. The maximum atomic E-state index is 3.59. The Bertz CT molecular complexity index is 60.4. The van der Waals surface area contributed by atoms with E-state index in [-0.39, 0.29) is 0 Å². The molecule has 0 aliphatic heterocycles.